The molecular weight excluding hydrogens is 503 g/mol. The van der Waals surface area contributed by atoms with E-state index >= 15 is 0 Å². The number of hydrogen-bond donors (Lipinski definition) is 2. The van der Waals surface area contributed by atoms with Gasteiger partial charge in [-0.2, -0.15) is 5.26 Å². The average Bonchev–Trinajstić information content (AvgIpc) is 3.33. The van der Waals surface area contributed by atoms with Crippen molar-refractivity contribution in [1.29, 1.82) is 5.26 Å². The van der Waals surface area contributed by atoms with Crippen molar-refractivity contribution in [3.63, 3.8) is 0 Å². The van der Waals surface area contributed by atoms with E-state index in [1.165, 1.54) is 24.3 Å². The normalized spacial score (nSPS) is 18.6. The number of anilines is 1. The Morgan fingerprint density at radius 2 is 2.11 bits per heavy atom. The van der Waals surface area contributed by atoms with Crippen LogP contribution in [0.4, 0.5) is 15.8 Å². The summed E-state index contributed by atoms with van der Waals surface area (Å²) in [4.78, 5) is 18.2. The van der Waals surface area contributed by atoms with E-state index in [9.17, 15) is 14.4 Å². The van der Waals surface area contributed by atoms with Gasteiger partial charge >= 0.3 is 0 Å². The van der Waals surface area contributed by atoms with Crippen molar-refractivity contribution in [3.8, 4) is 17.6 Å². The Kier molecular flexibility index (Phi) is 9.26. The number of hydrogen-bond acceptors (Lipinski definition) is 8. The highest BCUT2D eigenvalue weighted by Gasteiger charge is 2.41. The molecule has 2 aromatic carbocycles. The molecule has 1 unspecified atom stereocenters. The number of piperidine rings is 1. The summed E-state index contributed by atoms with van der Waals surface area (Å²) in [6.07, 6.45) is 7.96. The monoisotopic (exact) mass is 538 g/mol. The van der Waals surface area contributed by atoms with Gasteiger partial charge in [0.25, 0.3) is 0 Å². The smallest absolute Gasteiger partial charge is 0.215 e. The molecule has 0 bridgehead atoms. The van der Waals surface area contributed by atoms with Gasteiger partial charge in [-0.1, -0.05) is 6.92 Å². The van der Waals surface area contributed by atoms with Crippen LogP contribution in [0.3, 0.4) is 0 Å². The first-order chi connectivity index (χ1) is 18.4. The number of nitrogens with one attached hydrogen (secondary N) is 2. The summed E-state index contributed by atoms with van der Waals surface area (Å²) in [5.74, 6) is -0.360. The molecule has 38 heavy (non-hydrogen) atoms. The van der Waals surface area contributed by atoms with Crippen LogP contribution in [-0.4, -0.2) is 54.7 Å². The van der Waals surface area contributed by atoms with Crippen LogP contribution in [0.15, 0.2) is 35.3 Å². The lowest BCUT2D eigenvalue weighted by Crippen LogP contribution is -2.37. The van der Waals surface area contributed by atoms with Gasteiger partial charge in [0.05, 0.1) is 17.7 Å². The van der Waals surface area contributed by atoms with E-state index in [4.69, 9.17) is 4.74 Å². The Morgan fingerprint density at radius 1 is 1.32 bits per heavy atom. The Balaban J connectivity index is 1.46. The standard InChI is InChI=1S/C28H35FN6O2S/c1-4-34(3)38-33-26-8-6-24(29)27(23(26)17-30)37-22-5-7-25(20(2)15-22)32-18-35(19-36)21-9-10-28(16-21)11-13-31-14-12-28/h5-8,15,18-19,21,31,33H,4,9-14,16H2,1-3H3. The fourth-order valence-corrected chi connectivity index (χ4v) is 5.73. The van der Waals surface area contributed by atoms with Gasteiger partial charge in [0.1, 0.15) is 17.4 Å². The lowest BCUT2D eigenvalue weighted by molar-refractivity contribution is -0.116. The minimum Gasteiger partial charge on any atom is -0.453 e. The van der Waals surface area contributed by atoms with Crippen molar-refractivity contribution in [1.82, 2.24) is 14.5 Å². The zero-order valence-electron chi connectivity index (χ0n) is 22.2. The highest BCUT2D eigenvalue weighted by atomic mass is 32.2. The Labute approximate surface area is 228 Å². The minimum atomic E-state index is -0.620. The van der Waals surface area contributed by atoms with E-state index in [1.54, 1.807) is 29.4 Å². The second-order valence-corrected chi connectivity index (χ2v) is 11.1. The molecule has 10 heteroatoms. The van der Waals surface area contributed by atoms with Crippen molar-refractivity contribution >= 4 is 36.3 Å². The highest BCUT2D eigenvalue weighted by Crippen LogP contribution is 2.46. The molecule has 1 aliphatic carbocycles. The molecule has 0 aromatic heterocycles. The van der Waals surface area contributed by atoms with Crippen LogP contribution in [0.1, 0.15) is 50.2 Å². The zero-order valence-corrected chi connectivity index (χ0v) is 23.0. The molecule has 0 radical (unpaired) electrons. The summed E-state index contributed by atoms with van der Waals surface area (Å²) in [5, 5.41) is 13.2. The third-order valence-corrected chi connectivity index (χ3v) is 8.46. The van der Waals surface area contributed by atoms with Crippen LogP contribution in [0, 0.1) is 29.5 Å². The SMILES string of the molecule is CCN(C)SNc1ccc(F)c(Oc2ccc(N=CN(C=O)C3CCC4(CCNCC4)C3)c(C)c2)c1C#N. The molecule has 2 N–H and O–H groups in total. The molecule has 1 amide bonds. The minimum absolute atomic E-state index is 0.0893. The summed E-state index contributed by atoms with van der Waals surface area (Å²) in [6.45, 7) is 6.77. The van der Waals surface area contributed by atoms with E-state index in [0.29, 0.717) is 22.5 Å². The molecule has 2 fully saturated rings. The van der Waals surface area contributed by atoms with Gasteiger partial charge in [-0.25, -0.2) is 13.7 Å². The summed E-state index contributed by atoms with van der Waals surface area (Å²) < 4.78 is 25.6. The predicted octanol–water partition coefficient (Wildman–Crippen LogP) is 5.77. The summed E-state index contributed by atoms with van der Waals surface area (Å²) >= 11 is 1.32. The summed E-state index contributed by atoms with van der Waals surface area (Å²) in [7, 11) is 1.91. The van der Waals surface area contributed by atoms with Gasteiger partial charge < -0.3 is 19.7 Å². The van der Waals surface area contributed by atoms with E-state index in [-0.39, 0.29) is 17.4 Å². The maximum atomic E-state index is 14.7. The van der Waals surface area contributed by atoms with E-state index in [1.807, 2.05) is 25.2 Å². The molecule has 1 heterocycles. The number of carbonyl (C=O) groups excluding carboxylic acids is 1. The molecular formula is C28H35FN6O2S. The molecule has 4 rings (SSSR count). The van der Waals surface area contributed by atoms with Crippen molar-refractivity contribution in [2.45, 2.75) is 52.0 Å². The van der Waals surface area contributed by atoms with E-state index in [0.717, 1.165) is 63.7 Å². The third kappa shape index (κ3) is 6.46. The lowest BCUT2D eigenvalue weighted by Gasteiger charge is -2.34. The molecule has 1 atom stereocenters. The van der Waals surface area contributed by atoms with Crippen molar-refractivity contribution in [2.75, 3.05) is 31.4 Å². The first kappa shape index (κ1) is 27.9. The van der Waals surface area contributed by atoms with Crippen LogP contribution in [0.5, 0.6) is 11.5 Å². The van der Waals surface area contributed by atoms with E-state index < -0.39 is 5.82 Å². The molecule has 8 nitrogen and oxygen atoms in total. The third-order valence-electron chi connectivity index (χ3n) is 7.58. The second kappa shape index (κ2) is 12.6. The number of aryl methyl sites for hydroxylation is 1. The Morgan fingerprint density at radius 3 is 2.79 bits per heavy atom. The average molecular weight is 539 g/mol. The predicted molar refractivity (Wildman–Crippen MR) is 150 cm³/mol. The van der Waals surface area contributed by atoms with Gasteiger partial charge in [0.2, 0.25) is 6.41 Å². The van der Waals surface area contributed by atoms with Crippen LogP contribution >= 0.6 is 12.1 Å². The molecule has 202 valence electrons. The number of benzene rings is 2. The number of carbonyl (C=O) groups is 1. The quantitative estimate of drug-likeness (QED) is 0.172. The summed E-state index contributed by atoms with van der Waals surface area (Å²) in [5.41, 5.74) is 2.40. The summed E-state index contributed by atoms with van der Waals surface area (Å²) in [6, 6.07) is 10.2. The number of rotatable bonds is 10. The zero-order chi connectivity index (χ0) is 27.1. The van der Waals surface area contributed by atoms with Crippen LogP contribution in [0.2, 0.25) is 0 Å². The van der Waals surface area contributed by atoms with E-state index in [2.05, 4.69) is 21.1 Å². The van der Waals surface area contributed by atoms with Gasteiger partial charge in [0.15, 0.2) is 11.6 Å². The van der Waals surface area contributed by atoms with Crippen molar-refractivity contribution < 1.29 is 13.9 Å². The van der Waals surface area contributed by atoms with Crippen LogP contribution in [-0.2, 0) is 4.79 Å². The van der Waals surface area contributed by atoms with Crippen LogP contribution < -0.4 is 14.8 Å². The van der Waals surface area contributed by atoms with Crippen molar-refractivity contribution in [3.05, 3.63) is 47.3 Å². The van der Waals surface area contributed by atoms with Gasteiger partial charge in [0, 0.05) is 24.7 Å². The fourth-order valence-electron chi connectivity index (χ4n) is 5.18. The number of nitriles is 1. The number of ether oxygens (including phenoxy) is 1. The molecule has 1 aliphatic heterocycles. The maximum Gasteiger partial charge on any atom is 0.215 e. The van der Waals surface area contributed by atoms with Crippen molar-refractivity contribution in [2.24, 2.45) is 10.4 Å². The number of amides is 1. The number of nitrogens with zero attached hydrogens (tertiary/aromatic N) is 4. The van der Waals surface area contributed by atoms with Crippen LogP contribution in [0.25, 0.3) is 0 Å². The largest absolute Gasteiger partial charge is 0.453 e. The highest BCUT2D eigenvalue weighted by molar-refractivity contribution is 7.98. The maximum absolute atomic E-state index is 14.7. The molecule has 1 saturated heterocycles. The first-order valence-corrected chi connectivity index (χ1v) is 13.8. The second-order valence-electron chi connectivity index (χ2n) is 10.0. The van der Waals surface area contributed by atoms with Gasteiger partial charge in [-0.05, 0) is 100 Å². The molecule has 2 aliphatic rings. The topological polar surface area (TPSA) is 93.0 Å². The lowest BCUT2D eigenvalue weighted by atomic mass is 9.77. The molecule has 1 saturated carbocycles. The Bertz CT molecular complexity index is 1210. The van der Waals surface area contributed by atoms with Gasteiger partial charge in [-0.15, -0.1) is 0 Å². The number of aliphatic imine (C=N–C) groups is 1. The molecule has 2 aromatic rings. The Hall–Kier alpha value is -3.13. The molecule has 1 spiro atoms. The van der Waals surface area contributed by atoms with Gasteiger partial charge in [-0.3, -0.25) is 4.79 Å². The first-order valence-electron chi connectivity index (χ1n) is 13.0. The fraction of sp³-hybridized carbons (Fsp3) is 0.464. The number of halogens is 1.